The van der Waals surface area contributed by atoms with Crippen LogP contribution < -0.4 is 9.47 Å². The first-order chi connectivity index (χ1) is 17.6. The van der Waals surface area contributed by atoms with Gasteiger partial charge in [-0.3, -0.25) is 15.1 Å². The van der Waals surface area contributed by atoms with Crippen LogP contribution in [0.1, 0.15) is 23.1 Å². The van der Waals surface area contributed by atoms with Crippen LogP contribution in [0.4, 0.5) is 0 Å². The van der Waals surface area contributed by atoms with Crippen molar-refractivity contribution in [2.24, 2.45) is 4.99 Å². The molecule has 2 aliphatic heterocycles. The molecule has 5 rings (SSSR count). The number of carbonyl (C=O) groups is 1. The van der Waals surface area contributed by atoms with Crippen LogP contribution in [-0.2, 0) is 4.79 Å². The molecule has 36 heavy (non-hydrogen) atoms. The number of fused-ring (bicyclic) bond motifs is 1. The molecule has 0 atom stereocenters. The van der Waals surface area contributed by atoms with Gasteiger partial charge >= 0.3 is 0 Å². The predicted molar refractivity (Wildman–Crippen MR) is 145 cm³/mol. The monoisotopic (exact) mass is 495 g/mol. The molecule has 0 saturated heterocycles. The Labute approximate surface area is 214 Å². The molecule has 3 aromatic carbocycles. The lowest BCUT2D eigenvalue weighted by Gasteiger charge is -2.26. The first-order valence-electron chi connectivity index (χ1n) is 11.7. The predicted octanol–water partition coefficient (Wildman–Crippen LogP) is 6.15. The maximum absolute atomic E-state index is 12.7. The van der Waals surface area contributed by atoms with E-state index in [0.29, 0.717) is 18.4 Å². The highest BCUT2D eigenvalue weighted by Crippen LogP contribution is 2.37. The quantitative estimate of drug-likeness (QED) is 0.300. The molecule has 0 radical (unpaired) electrons. The maximum Gasteiger partial charge on any atom is 0.283 e. The minimum atomic E-state index is -0.407. The number of nitrogens with zero attached hydrogens (tertiary/aromatic N) is 2. The summed E-state index contributed by atoms with van der Waals surface area (Å²) in [5, 5.41) is 11.2. The molecule has 6 nitrogen and oxygen atoms in total. The van der Waals surface area contributed by atoms with Gasteiger partial charge in [-0.1, -0.05) is 71.9 Å². The van der Waals surface area contributed by atoms with Gasteiger partial charge in [0.2, 0.25) is 0 Å². The van der Waals surface area contributed by atoms with Crippen molar-refractivity contribution in [3.63, 3.8) is 0 Å². The van der Waals surface area contributed by atoms with E-state index >= 15 is 0 Å². The number of amidine groups is 2. The number of hydrogen-bond donors (Lipinski definition) is 1. The van der Waals surface area contributed by atoms with E-state index in [1.165, 1.54) is 17.3 Å². The van der Waals surface area contributed by atoms with Crippen LogP contribution in [0.3, 0.4) is 0 Å². The fraction of sp³-hybridized carbons (Fsp3) is 0.138. The van der Waals surface area contributed by atoms with Crippen molar-refractivity contribution < 1.29 is 14.3 Å². The summed E-state index contributed by atoms with van der Waals surface area (Å²) in [6.07, 6.45) is 2.46. The molecule has 1 amide bonds. The summed E-state index contributed by atoms with van der Waals surface area (Å²) in [6.45, 7) is 3.16. The molecular formula is C29H25N3O3S. The third-order valence-electron chi connectivity index (χ3n) is 5.72. The first-order valence-corrected chi connectivity index (χ1v) is 12.5. The Bertz CT molecular complexity index is 1360. The van der Waals surface area contributed by atoms with Crippen LogP contribution in [0.2, 0.25) is 0 Å². The fourth-order valence-corrected chi connectivity index (χ4v) is 4.70. The van der Waals surface area contributed by atoms with Crippen LogP contribution in [-0.4, -0.2) is 35.0 Å². The third-order valence-corrected chi connectivity index (χ3v) is 6.55. The topological polar surface area (TPSA) is 75.0 Å². The van der Waals surface area contributed by atoms with Gasteiger partial charge in [0.1, 0.15) is 17.3 Å². The smallest absolute Gasteiger partial charge is 0.283 e. The van der Waals surface area contributed by atoms with Gasteiger partial charge in [-0.05, 0) is 48.4 Å². The molecule has 1 N–H and O–H groups in total. The molecule has 0 saturated carbocycles. The second kappa shape index (κ2) is 10.7. The second-order valence-electron chi connectivity index (χ2n) is 8.36. The molecule has 0 spiro atoms. The highest BCUT2D eigenvalue weighted by Gasteiger charge is 2.36. The number of amides is 1. The number of nitrogens with one attached hydrogen (secondary N) is 1. The SMILES string of the molecule is Cc1ccc(OCCCOc2ccc(/C=C3/C(=N)N4C(c5ccccc5)=CSC4=NC3=O)cc2)cc1. The minimum absolute atomic E-state index is 0.124. The van der Waals surface area contributed by atoms with Gasteiger partial charge < -0.3 is 9.47 Å². The van der Waals surface area contributed by atoms with Gasteiger partial charge in [0, 0.05) is 11.8 Å². The molecule has 2 aliphatic rings. The highest BCUT2D eigenvalue weighted by molar-refractivity contribution is 8.17. The Morgan fingerprint density at radius 1 is 0.917 bits per heavy atom. The Hall–Kier alpha value is -4.10. The molecule has 2 heterocycles. The molecule has 0 unspecified atom stereocenters. The lowest BCUT2D eigenvalue weighted by molar-refractivity contribution is -0.114. The van der Waals surface area contributed by atoms with E-state index in [9.17, 15) is 4.79 Å². The van der Waals surface area contributed by atoms with E-state index in [0.717, 1.165) is 34.7 Å². The number of benzene rings is 3. The lowest BCUT2D eigenvalue weighted by Crippen LogP contribution is -2.38. The third kappa shape index (κ3) is 5.26. The van der Waals surface area contributed by atoms with Crippen molar-refractivity contribution in [3.8, 4) is 11.5 Å². The van der Waals surface area contributed by atoms with Gasteiger partial charge in [-0.2, -0.15) is 4.99 Å². The summed E-state index contributed by atoms with van der Waals surface area (Å²) in [7, 11) is 0. The minimum Gasteiger partial charge on any atom is -0.493 e. The zero-order valence-corrected chi connectivity index (χ0v) is 20.6. The average molecular weight is 496 g/mol. The van der Waals surface area contributed by atoms with Gasteiger partial charge in [0.15, 0.2) is 5.17 Å². The summed E-state index contributed by atoms with van der Waals surface area (Å²) in [5.74, 6) is 1.31. The molecule has 0 fully saturated rings. The zero-order valence-electron chi connectivity index (χ0n) is 19.8. The Morgan fingerprint density at radius 2 is 1.56 bits per heavy atom. The van der Waals surface area contributed by atoms with Crippen molar-refractivity contribution in [1.82, 2.24) is 4.90 Å². The van der Waals surface area contributed by atoms with Crippen LogP contribution >= 0.6 is 11.8 Å². The number of carbonyl (C=O) groups excluding carboxylic acids is 1. The van der Waals surface area contributed by atoms with E-state index in [2.05, 4.69) is 4.99 Å². The van der Waals surface area contributed by atoms with E-state index < -0.39 is 5.91 Å². The van der Waals surface area contributed by atoms with Gasteiger partial charge in [-0.25, -0.2) is 0 Å². The molecule has 3 aromatic rings. The Morgan fingerprint density at radius 3 is 2.22 bits per heavy atom. The van der Waals surface area contributed by atoms with Crippen molar-refractivity contribution in [2.75, 3.05) is 13.2 Å². The van der Waals surface area contributed by atoms with Gasteiger partial charge in [-0.15, -0.1) is 0 Å². The number of thioether (sulfide) groups is 1. The van der Waals surface area contributed by atoms with E-state index in [1.807, 2.05) is 91.2 Å². The van der Waals surface area contributed by atoms with Crippen molar-refractivity contribution in [1.29, 1.82) is 5.41 Å². The van der Waals surface area contributed by atoms with E-state index in [-0.39, 0.29) is 11.4 Å². The first kappa shape index (κ1) is 23.6. The van der Waals surface area contributed by atoms with Crippen LogP contribution in [0.25, 0.3) is 11.8 Å². The number of rotatable bonds is 8. The number of aryl methyl sites for hydroxylation is 1. The van der Waals surface area contributed by atoms with Crippen molar-refractivity contribution >= 4 is 40.4 Å². The summed E-state index contributed by atoms with van der Waals surface area (Å²) in [4.78, 5) is 18.6. The van der Waals surface area contributed by atoms with Crippen LogP contribution in [0, 0.1) is 12.3 Å². The second-order valence-corrected chi connectivity index (χ2v) is 9.20. The van der Waals surface area contributed by atoms with Crippen molar-refractivity contribution in [3.05, 3.63) is 107 Å². The summed E-state index contributed by atoms with van der Waals surface area (Å²) >= 11 is 1.36. The largest absolute Gasteiger partial charge is 0.493 e. The number of ether oxygens (including phenoxy) is 2. The average Bonchev–Trinajstić information content (AvgIpc) is 3.33. The Kier molecular flexibility index (Phi) is 7.00. The molecule has 7 heteroatoms. The highest BCUT2D eigenvalue weighted by atomic mass is 32.2. The number of aliphatic imine (C=N–C) groups is 1. The van der Waals surface area contributed by atoms with Crippen LogP contribution in [0.5, 0.6) is 11.5 Å². The molecule has 0 bridgehead atoms. The van der Waals surface area contributed by atoms with Crippen molar-refractivity contribution in [2.45, 2.75) is 13.3 Å². The lowest BCUT2D eigenvalue weighted by atomic mass is 10.1. The summed E-state index contributed by atoms with van der Waals surface area (Å²) in [6, 6.07) is 25.3. The molecule has 0 aliphatic carbocycles. The Balaban J connectivity index is 1.19. The standard InChI is InChI=1S/C29H25N3O3S/c1-20-8-12-23(13-9-20)34-16-5-17-35-24-14-10-21(11-15-24)18-25-27(30)32-26(22-6-3-2-4-7-22)19-36-29(32)31-28(25)33/h2-4,6-15,18-19,30H,5,16-17H2,1H3/b25-18-,30-27?. The van der Waals surface area contributed by atoms with E-state index in [1.54, 1.807) is 11.0 Å². The normalized spacial score (nSPS) is 16.0. The van der Waals surface area contributed by atoms with Gasteiger partial charge in [0.05, 0.1) is 24.5 Å². The van der Waals surface area contributed by atoms with Crippen LogP contribution in [0.15, 0.2) is 94.8 Å². The van der Waals surface area contributed by atoms with E-state index in [4.69, 9.17) is 14.9 Å². The zero-order chi connectivity index (χ0) is 24.9. The summed E-state index contributed by atoms with van der Waals surface area (Å²) < 4.78 is 11.5. The molecule has 0 aromatic heterocycles. The number of hydrogen-bond acceptors (Lipinski definition) is 5. The molecular weight excluding hydrogens is 470 g/mol. The summed E-state index contributed by atoms with van der Waals surface area (Å²) in [5.41, 5.74) is 4.08. The van der Waals surface area contributed by atoms with Gasteiger partial charge in [0.25, 0.3) is 5.91 Å². The maximum atomic E-state index is 12.7. The fourth-order valence-electron chi connectivity index (χ4n) is 3.81. The molecule has 180 valence electrons.